The van der Waals surface area contributed by atoms with Crippen LogP contribution in [-0.2, 0) is 0 Å². The highest BCUT2D eigenvalue weighted by Gasteiger charge is 2.05. The van der Waals surface area contributed by atoms with E-state index in [1.165, 1.54) is 11.8 Å². The summed E-state index contributed by atoms with van der Waals surface area (Å²) in [6.07, 6.45) is 5.06. The molecule has 0 amide bonds. The summed E-state index contributed by atoms with van der Waals surface area (Å²) in [5, 5.41) is 10.2. The van der Waals surface area contributed by atoms with E-state index in [-0.39, 0.29) is 0 Å². The van der Waals surface area contributed by atoms with Crippen molar-refractivity contribution in [1.29, 1.82) is 5.26 Å². The topological polar surface area (TPSA) is 65.4 Å². The molecular weight excluding hydrogens is 196 g/mol. The van der Waals surface area contributed by atoms with Crippen LogP contribution in [0.1, 0.15) is 5.56 Å². The first kappa shape index (κ1) is 8.78. The zero-order chi connectivity index (χ0) is 9.80. The number of rotatable bonds is 2. The van der Waals surface area contributed by atoms with Gasteiger partial charge in [0, 0.05) is 18.6 Å². The third kappa shape index (κ3) is 1.75. The lowest BCUT2D eigenvalue weighted by atomic mass is 10.3. The second-order valence-electron chi connectivity index (χ2n) is 2.46. The van der Waals surface area contributed by atoms with Crippen LogP contribution in [0.25, 0.3) is 0 Å². The summed E-state index contributed by atoms with van der Waals surface area (Å²) in [4.78, 5) is 11.1. The number of nitriles is 1. The third-order valence-electron chi connectivity index (χ3n) is 1.56. The van der Waals surface area contributed by atoms with Crippen LogP contribution in [-0.4, -0.2) is 15.0 Å². The summed E-state index contributed by atoms with van der Waals surface area (Å²) in [7, 11) is 0. The Morgan fingerprint density at radius 1 is 1.36 bits per heavy atom. The Labute approximate surface area is 85.0 Å². The second-order valence-corrected chi connectivity index (χ2v) is 3.44. The first-order valence-electron chi connectivity index (χ1n) is 3.92. The van der Waals surface area contributed by atoms with Crippen molar-refractivity contribution in [2.75, 3.05) is 0 Å². The fraction of sp³-hybridized carbons (Fsp3) is 0. The van der Waals surface area contributed by atoms with Crippen molar-refractivity contribution in [2.24, 2.45) is 0 Å². The van der Waals surface area contributed by atoms with Gasteiger partial charge in [-0.2, -0.15) is 5.26 Å². The normalized spacial score (nSPS) is 9.64. The molecule has 2 rings (SSSR count). The van der Waals surface area contributed by atoms with E-state index in [1.54, 1.807) is 30.7 Å². The van der Waals surface area contributed by atoms with E-state index < -0.39 is 0 Å². The minimum absolute atomic E-state index is 0.564. The lowest BCUT2D eigenvalue weighted by molar-refractivity contribution is 1.03. The molecular formula is C9H6N4S. The Morgan fingerprint density at radius 3 is 3.00 bits per heavy atom. The molecule has 4 nitrogen and oxygen atoms in total. The van der Waals surface area contributed by atoms with E-state index in [0.717, 1.165) is 5.16 Å². The minimum Gasteiger partial charge on any atom is -0.339 e. The quantitative estimate of drug-likeness (QED) is 0.806. The van der Waals surface area contributed by atoms with Crippen LogP contribution in [0.15, 0.2) is 40.9 Å². The molecule has 0 unspecified atom stereocenters. The van der Waals surface area contributed by atoms with Crippen LogP contribution >= 0.6 is 11.8 Å². The first-order valence-corrected chi connectivity index (χ1v) is 4.74. The van der Waals surface area contributed by atoms with Crippen molar-refractivity contribution >= 4 is 11.8 Å². The van der Waals surface area contributed by atoms with Gasteiger partial charge in [0.25, 0.3) is 0 Å². The molecule has 0 aliphatic heterocycles. The van der Waals surface area contributed by atoms with E-state index in [1.807, 2.05) is 0 Å². The Bertz CT molecular complexity index is 458. The average molecular weight is 202 g/mol. The predicted molar refractivity (Wildman–Crippen MR) is 51.7 cm³/mol. The number of imidazole rings is 1. The summed E-state index contributed by atoms with van der Waals surface area (Å²) in [5.74, 6) is 0. The van der Waals surface area contributed by atoms with Crippen molar-refractivity contribution in [2.45, 2.75) is 10.2 Å². The van der Waals surface area contributed by atoms with E-state index in [4.69, 9.17) is 5.26 Å². The monoisotopic (exact) mass is 202 g/mol. The van der Waals surface area contributed by atoms with Crippen molar-refractivity contribution in [3.63, 3.8) is 0 Å². The van der Waals surface area contributed by atoms with Crippen LogP contribution in [0, 0.1) is 11.3 Å². The average Bonchev–Trinajstić information content (AvgIpc) is 2.71. The van der Waals surface area contributed by atoms with Crippen LogP contribution in [0.2, 0.25) is 0 Å². The highest BCUT2D eigenvalue weighted by Crippen LogP contribution is 2.24. The molecule has 0 aromatic carbocycles. The van der Waals surface area contributed by atoms with E-state index >= 15 is 0 Å². The molecule has 0 bridgehead atoms. The maximum Gasteiger partial charge on any atom is 0.171 e. The Balaban J connectivity index is 2.30. The molecule has 5 heteroatoms. The first-order chi connectivity index (χ1) is 6.90. The van der Waals surface area contributed by atoms with E-state index in [0.29, 0.717) is 10.6 Å². The zero-order valence-corrected chi connectivity index (χ0v) is 7.95. The number of hydrogen-bond donors (Lipinski definition) is 1. The SMILES string of the molecule is N#Cc1cccnc1Sc1ncc[nH]1. The van der Waals surface area contributed by atoms with Gasteiger partial charge in [-0.05, 0) is 23.9 Å². The summed E-state index contributed by atoms with van der Waals surface area (Å²) in [6, 6.07) is 5.56. The Morgan fingerprint density at radius 2 is 2.29 bits per heavy atom. The van der Waals surface area contributed by atoms with Crippen molar-refractivity contribution in [1.82, 2.24) is 15.0 Å². The number of aromatic nitrogens is 3. The van der Waals surface area contributed by atoms with E-state index in [2.05, 4.69) is 21.0 Å². The molecule has 1 N–H and O–H groups in total. The van der Waals surface area contributed by atoms with Crippen molar-refractivity contribution in [3.8, 4) is 6.07 Å². The fourth-order valence-electron chi connectivity index (χ4n) is 0.955. The molecule has 0 atom stereocenters. The highest BCUT2D eigenvalue weighted by molar-refractivity contribution is 7.99. The van der Waals surface area contributed by atoms with E-state index in [9.17, 15) is 0 Å². The van der Waals surface area contributed by atoms with Gasteiger partial charge in [0.1, 0.15) is 11.1 Å². The second kappa shape index (κ2) is 3.94. The molecule has 2 aromatic rings. The third-order valence-corrected chi connectivity index (χ3v) is 2.49. The molecule has 2 heterocycles. The predicted octanol–water partition coefficient (Wildman–Crippen LogP) is 1.83. The summed E-state index contributed by atoms with van der Waals surface area (Å²) >= 11 is 1.35. The van der Waals surface area contributed by atoms with Crippen LogP contribution < -0.4 is 0 Å². The van der Waals surface area contributed by atoms with Crippen LogP contribution in [0.3, 0.4) is 0 Å². The molecule has 2 aromatic heterocycles. The van der Waals surface area contributed by atoms with Gasteiger partial charge >= 0.3 is 0 Å². The highest BCUT2D eigenvalue weighted by atomic mass is 32.2. The number of pyridine rings is 1. The summed E-state index contributed by atoms with van der Waals surface area (Å²) in [6.45, 7) is 0. The lowest BCUT2D eigenvalue weighted by Crippen LogP contribution is -1.85. The molecule has 0 saturated heterocycles. The Kier molecular flexibility index (Phi) is 2.47. The number of hydrogen-bond acceptors (Lipinski definition) is 4. The van der Waals surface area contributed by atoms with Gasteiger partial charge < -0.3 is 4.98 Å². The fourth-order valence-corrected chi connectivity index (χ4v) is 1.72. The number of aromatic amines is 1. The largest absolute Gasteiger partial charge is 0.339 e. The van der Waals surface area contributed by atoms with Gasteiger partial charge in [0.2, 0.25) is 0 Å². The van der Waals surface area contributed by atoms with Gasteiger partial charge in [-0.3, -0.25) is 0 Å². The maximum atomic E-state index is 8.81. The van der Waals surface area contributed by atoms with Gasteiger partial charge in [0.05, 0.1) is 5.56 Å². The zero-order valence-electron chi connectivity index (χ0n) is 7.14. The van der Waals surface area contributed by atoms with Gasteiger partial charge in [-0.1, -0.05) is 0 Å². The van der Waals surface area contributed by atoms with Crippen molar-refractivity contribution < 1.29 is 0 Å². The van der Waals surface area contributed by atoms with Crippen molar-refractivity contribution in [3.05, 3.63) is 36.3 Å². The standard InChI is InChI=1S/C9H6N4S/c10-6-7-2-1-3-11-8(7)14-9-12-4-5-13-9/h1-5H,(H,12,13). The molecule has 0 fully saturated rings. The molecule has 0 spiro atoms. The number of nitrogens with one attached hydrogen (secondary N) is 1. The maximum absolute atomic E-state index is 8.81. The number of nitrogens with zero attached hydrogens (tertiary/aromatic N) is 3. The van der Waals surface area contributed by atoms with Gasteiger partial charge in [0.15, 0.2) is 5.16 Å². The molecule has 0 radical (unpaired) electrons. The van der Waals surface area contributed by atoms with Gasteiger partial charge in [-0.15, -0.1) is 0 Å². The smallest absolute Gasteiger partial charge is 0.171 e. The molecule has 0 aliphatic rings. The Hall–Kier alpha value is -1.80. The van der Waals surface area contributed by atoms with Gasteiger partial charge in [-0.25, -0.2) is 9.97 Å². The molecule has 68 valence electrons. The van der Waals surface area contributed by atoms with Crippen LogP contribution in [0.4, 0.5) is 0 Å². The lowest BCUT2D eigenvalue weighted by Gasteiger charge is -1.97. The molecule has 14 heavy (non-hydrogen) atoms. The summed E-state index contributed by atoms with van der Waals surface area (Å²) in [5.41, 5.74) is 0.564. The van der Waals surface area contributed by atoms with Crippen LogP contribution in [0.5, 0.6) is 0 Å². The summed E-state index contributed by atoms with van der Waals surface area (Å²) < 4.78 is 0. The minimum atomic E-state index is 0.564. The number of H-pyrrole nitrogens is 1. The molecule has 0 saturated carbocycles. The molecule has 0 aliphatic carbocycles.